The van der Waals surface area contributed by atoms with E-state index < -0.39 is 6.04 Å². The molecule has 2 aromatic carbocycles. The zero-order chi connectivity index (χ0) is 22.8. The van der Waals surface area contributed by atoms with Gasteiger partial charge >= 0.3 is 0 Å². The average molecular weight is 451 g/mol. The van der Waals surface area contributed by atoms with Crippen molar-refractivity contribution in [3.8, 4) is 5.75 Å². The SMILES string of the molecule is CCCCN(C(=O)Cc1cccs1)C(C(=O)NCc1ccc(OC)cc1)c1ccccc1. The fraction of sp³-hybridized carbons (Fsp3) is 0.308. The van der Waals surface area contributed by atoms with E-state index in [0.717, 1.165) is 34.6 Å². The summed E-state index contributed by atoms with van der Waals surface area (Å²) in [5, 5.41) is 5.00. The van der Waals surface area contributed by atoms with Gasteiger partial charge in [-0.2, -0.15) is 0 Å². The molecular formula is C26H30N2O3S. The molecule has 1 heterocycles. The number of thiophene rings is 1. The molecule has 3 rings (SSSR count). The molecule has 0 aliphatic rings. The van der Waals surface area contributed by atoms with Gasteiger partial charge in [0.05, 0.1) is 13.5 Å². The highest BCUT2D eigenvalue weighted by atomic mass is 32.1. The van der Waals surface area contributed by atoms with Gasteiger partial charge in [-0.1, -0.05) is 61.9 Å². The molecule has 0 saturated carbocycles. The average Bonchev–Trinajstić information content (AvgIpc) is 3.34. The molecule has 0 fully saturated rings. The smallest absolute Gasteiger partial charge is 0.247 e. The summed E-state index contributed by atoms with van der Waals surface area (Å²) in [5.74, 6) is 0.559. The largest absolute Gasteiger partial charge is 0.497 e. The van der Waals surface area contributed by atoms with Gasteiger partial charge in [-0.05, 0) is 41.1 Å². The molecule has 1 atom stereocenters. The number of methoxy groups -OCH3 is 1. The molecule has 0 spiro atoms. The Balaban J connectivity index is 1.82. The molecule has 168 valence electrons. The van der Waals surface area contributed by atoms with Crippen molar-refractivity contribution in [2.24, 2.45) is 0 Å². The summed E-state index contributed by atoms with van der Waals surface area (Å²) in [5.41, 5.74) is 1.78. The van der Waals surface area contributed by atoms with Crippen molar-refractivity contribution < 1.29 is 14.3 Å². The van der Waals surface area contributed by atoms with Crippen LogP contribution < -0.4 is 10.1 Å². The standard InChI is InChI=1S/C26H30N2O3S/c1-3-4-16-28(24(29)18-23-11-8-17-32-23)25(21-9-6-5-7-10-21)26(30)27-19-20-12-14-22(31-2)15-13-20/h5-15,17,25H,3-4,16,18-19H2,1-2H3,(H,27,30). The Morgan fingerprint density at radius 3 is 2.41 bits per heavy atom. The first-order chi connectivity index (χ1) is 15.6. The summed E-state index contributed by atoms with van der Waals surface area (Å²) in [4.78, 5) is 29.5. The van der Waals surface area contributed by atoms with Crippen LogP contribution in [0.2, 0.25) is 0 Å². The third kappa shape index (κ3) is 6.44. The number of nitrogens with zero attached hydrogens (tertiary/aromatic N) is 1. The Hall–Kier alpha value is -3.12. The van der Waals surface area contributed by atoms with Crippen LogP contribution in [0.5, 0.6) is 5.75 Å². The molecule has 1 aromatic heterocycles. The molecule has 2 amide bonds. The van der Waals surface area contributed by atoms with E-state index in [1.54, 1.807) is 23.3 Å². The number of carbonyl (C=O) groups excluding carboxylic acids is 2. The van der Waals surface area contributed by atoms with Crippen LogP contribution in [0.4, 0.5) is 0 Å². The number of nitrogens with one attached hydrogen (secondary N) is 1. The van der Waals surface area contributed by atoms with Crippen molar-refractivity contribution in [1.82, 2.24) is 10.2 Å². The van der Waals surface area contributed by atoms with Crippen LogP contribution in [0.25, 0.3) is 0 Å². The minimum atomic E-state index is -0.673. The summed E-state index contributed by atoms with van der Waals surface area (Å²) >= 11 is 1.56. The van der Waals surface area contributed by atoms with Crippen molar-refractivity contribution in [2.75, 3.05) is 13.7 Å². The number of rotatable bonds is 11. The van der Waals surface area contributed by atoms with Gasteiger partial charge in [0.25, 0.3) is 0 Å². The number of carbonyl (C=O) groups is 2. The molecule has 6 heteroatoms. The first-order valence-electron chi connectivity index (χ1n) is 10.9. The summed E-state index contributed by atoms with van der Waals surface area (Å²) in [6, 6.07) is 20.4. The number of ether oxygens (including phenoxy) is 1. The second-order valence-corrected chi connectivity index (χ2v) is 8.61. The quantitative estimate of drug-likeness (QED) is 0.448. The van der Waals surface area contributed by atoms with E-state index in [4.69, 9.17) is 4.74 Å². The Morgan fingerprint density at radius 2 is 1.78 bits per heavy atom. The lowest BCUT2D eigenvalue weighted by molar-refractivity contribution is -0.140. The van der Waals surface area contributed by atoms with E-state index in [-0.39, 0.29) is 11.8 Å². The molecule has 32 heavy (non-hydrogen) atoms. The number of unbranched alkanes of at least 4 members (excludes halogenated alkanes) is 1. The predicted molar refractivity (Wildman–Crippen MR) is 129 cm³/mol. The second kappa shape index (κ2) is 12.1. The highest BCUT2D eigenvalue weighted by Gasteiger charge is 2.31. The van der Waals surface area contributed by atoms with Crippen LogP contribution in [-0.2, 0) is 22.6 Å². The van der Waals surface area contributed by atoms with Crippen LogP contribution in [0.15, 0.2) is 72.1 Å². The zero-order valence-electron chi connectivity index (χ0n) is 18.6. The van der Waals surface area contributed by atoms with Gasteiger partial charge in [-0.15, -0.1) is 11.3 Å². The molecule has 0 aliphatic heterocycles. The lowest BCUT2D eigenvalue weighted by Gasteiger charge is -2.31. The maximum absolute atomic E-state index is 13.4. The van der Waals surface area contributed by atoms with Gasteiger partial charge in [0.2, 0.25) is 11.8 Å². The van der Waals surface area contributed by atoms with Crippen LogP contribution >= 0.6 is 11.3 Å². The molecule has 0 saturated heterocycles. The fourth-order valence-corrected chi connectivity index (χ4v) is 4.22. The fourth-order valence-electron chi connectivity index (χ4n) is 3.53. The first kappa shape index (κ1) is 23.5. The van der Waals surface area contributed by atoms with Gasteiger partial charge in [0.1, 0.15) is 11.8 Å². The second-order valence-electron chi connectivity index (χ2n) is 7.58. The number of benzene rings is 2. The van der Waals surface area contributed by atoms with E-state index in [1.165, 1.54) is 0 Å². The van der Waals surface area contributed by atoms with Crippen LogP contribution in [-0.4, -0.2) is 30.4 Å². The van der Waals surface area contributed by atoms with Gasteiger partial charge < -0.3 is 15.0 Å². The van der Waals surface area contributed by atoms with Gasteiger partial charge in [0.15, 0.2) is 0 Å². The van der Waals surface area contributed by atoms with Gasteiger partial charge in [-0.25, -0.2) is 0 Å². The van der Waals surface area contributed by atoms with E-state index in [1.807, 2.05) is 72.1 Å². The van der Waals surface area contributed by atoms with Gasteiger partial charge in [0, 0.05) is 18.0 Å². The Bertz CT molecular complexity index is 972. The summed E-state index contributed by atoms with van der Waals surface area (Å²) in [6.07, 6.45) is 2.08. The first-order valence-corrected chi connectivity index (χ1v) is 11.8. The van der Waals surface area contributed by atoms with E-state index in [9.17, 15) is 9.59 Å². The molecule has 1 unspecified atom stereocenters. The Labute approximate surface area is 194 Å². The van der Waals surface area contributed by atoms with Crippen LogP contribution in [0.1, 0.15) is 41.8 Å². The minimum Gasteiger partial charge on any atom is -0.497 e. The molecule has 0 radical (unpaired) electrons. The Morgan fingerprint density at radius 1 is 1.03 bits per heavy atom. The highest BCUT2D eigenvalue weighted by Crippen LogP contribution is 2.24. The zero-order valence-corrected chi connectivity index (χ0v) is 19.4. The van der Waals surface area contributed by atoms with E-state index >= 15 is 0 Å². The lowest BCUT2D eigenvalue weighted by atomic mass is 10.0. The maximum Gasteiger partial charge on any atom is 0.247 e. The number of amides is 2. The molecular weight excluding hydrogens is 420 g/mol. The highest BCUT2D eigenvalue weighted by molar-refractivity contribution is 7.10. The number of hydrogen-bond acceptors (Lipinski definition) is 4. The van der Waals surface area contributed by atoms with Crippen molar-refractivity contribution in [2.45, 2.75) is 38.8 Å². The molecule has 5 nitrogen and oxygen atoms in total. The molecule has 3 aromatic rings. The summed E-state index contributed by atoms with van der Waals surface area (Å²) in [7, 11) is 1.62. The normalized spacial score (nSPS) is 11.6. The molecule has 0 bridgehead atoms. The van der Waals surface area contributed by atoms with E-state index in [0.29, 0.717) is 19.5 Å². The van der Waals surface area contributed by atoms with Crippen LogP contribution in [0, 0.1) is 0 Å². The van der Waals surface area contributed by atoms with Crippen molar-refractivity contribution in [3.05, 3.63) is 88.1 Å². The predicted octanol–water partition coefficient (Wildman–Crippen LogP) is 4.99. The minimum absolute atomic E-state index is 0.0330. The molecule has 1 N–H and O–H groups in total. The maximum atomic E-state index is 13.4. The van der Waals surface area contributed by atoms with Crippen molar-refractivity contribution in [1.29, 1.82) is 0 Å². The Kier molecular flexibility index (Phi) is 8.87. The van der Waals surface area contributed by atoms with Crippen LogP contribution in [0.3, 0.4) is 0 Å². The topological polar surface area (TPSA) is 58.6 Å². The van der Waals surface area contributed by atoms with Crippen molar-refractivity contribution >= 4 is 23.2 Å². The lowest BCUT2D eigenvalue weighted by Crippen LogP contribution is -2.44. The third-order valence-electron chi connectivity index (χ3n) is 5.28. The summed E-state index contributed by atoms with van der Waals surface area (Å²) < 4.78 is 5.20. The number of hydrogen-bond donors (Lipinski definition) is 1. The van der Waals surface area contributed by atoms with E-state index in [2.05, 4.69) is 12.2 Å². The summed E-state index contributed by atoms with van der Waals surface area (Å²) in [6.45, 7) is 3.01. The monoisotopic (exact) mass is 450 g/mol. The van der Waals surface area contributed by atoms with Gasteiger partial charge in [-0.3, -0.25) is 9.59 Å². The van der Waals surface area contributed by atoms with Crippen molar-refractivity contribution in [3.63, 3.8) is 0 Å². The third-order valence-corrected chi connectivity index (χ3v) is 6.16. The molecule has 0 aliphatic carbocycles.